The largest absolute Gasteiger partial charge is 0.479 e. The van der Waals surface area contributed by atoms with Crippen LogP contribution in [0.3, 0.4) is 0 Å². The quantitative estimate of drug-likeness (QED) is 0.688. The molecular formula is C8H14FNO2. The van der Waals surface area contributed by atoms with Crippen molar-refractivity contribution in [1.29, 1.82) is 0 Å². The predicted octanol–water partition coefficient (Wildman–Crippen LogP) is 0.751. The molecule has 0 aromatic heterocycles. The van der Waals surface area contributed by atoms with Crippen LogP contribution in [0.4, 0.5) is 4.39 Å². The van der Waals surface area contributed by atoms with Gasteiger partial charge in [-0.3, -0.25) is 0 Å². The second kappa shape index (κ2) is 3.85. The van der Waals surface area contributed by atoms with Crippen molar-refractivity contribution in [1.82, 2.24) is 4.90 Å². The van der Waals surface area contributed by atoms with Crippen molar-refractivity contribution in [3.63, 3.8) is 0 Å². The fourth-order valence-corrected chi connectivity index (χ4v) is 1.59. The molecule has 0 saturated carbocycles. The van der Waals surface area contributed by atoms with Crippen LogP contribution >= 0.6 is 0 Å². The Hall–Kier alpha value is -0.640. The maximum Gasteiger partial charge on any atom is 0.338 e. The lowest BCUT2D eigenvalue weighted by Crippen LogP contribution is -2.28. The molecule has 12 heavy (non-hydrogen) atoms. The van der Waals surface area contributed by atoms with Gasteiger partial charge in [0.15, 0.2) is 0 Å². The van der Waals surface area contributed by atoms with Gasteiger partial charge in [-0.05, 0) is 19.5 Å². The van der Waals surface area contributed by atoms with Crippen molar-refractivity contribution in [2.75, 3.05) is 19.6 Å². The van der Waals surface area contributed by atoms with Gasteiger partial charge in [0.1, 0.15) is 0 Å². The molecule has 1 heterocycles. The number of carboxylic acids is 1. The van der Waals surface area contributed by atoms with Gasteiger partial charge in [0.25, 0.3) is 0 Å². The van der Waals surface area contributed by atoms with E-state index in [0.717, 1.165) is 13.1 Å². The van der Waals surface area contributed by atoms with Gasteiger partial charge in [-0.15, -0.1) is 0 Å². The summed E-state index contributed by atoms with van der Waals surface area (Å²) < 4.78 is 12.9. The highest BCUT2D eigenvalue weighted by molar-refractivity contribution is 5.72. The molecule has 0 aliphatic carbocycles. The van der Waals surface area contributed by atoms with Gasteiger partial charge in [0, 0.05) is 12.5 Å². The standard InChI is InChI=1S/C8H14FNO2/c1-2-10-4-3-6(5-10)7(9)8(11)12/h6-7H,2-5H2,1H3,(H,11,12). The number of carbonyl (C=O) groups is 1. The Morgan fingerprint density at radius 3 is 2.92 bits per heavy atom. The van der Waals surface area contributed by atoms with Crippen LogP contribution < -0.4 is 0 Å². The molecule has 0 bridgehead atoms. The zero-order valence-corrected chi connectivity index (χ0v) is 7.16. The maximum absolute atomic E-state index is 12.9. The molecule has 4 heteroatoms. The van der Waals surface area contributed by atoms with Crippen LogP contribution in [0, 0.1) is 5.92 Å². The molecule has 1 N–H and O–H groups in total. The van der Waals surface area contributed by atoms with Crippen molar-refractivity contribution in [3.05, 3.63) is 0 Å². The summed E-state index contributed by atoms with van der Waals surface area (Å²) >= 11 is 0. The van der Waals surface area contributed by atoms with E-state index in [1.165, 1.54) is 0 Å². The van der Waals surface area contributed by atoms with E-state index in [0.29, 0.717) is 13.0 Å². The molecule has 1 aliphatic heterocycles. The van der Waals surface area contributed by atoms with Crippen molar-refractivity contribution in [3.8, 4) is 0 Å². The summed E-state index contributed by atoms with van der Waals surface area (Å²) in [5.41, 5.74) is 0. The average Bonchev–Trinajstić information content (AvgIpc) is 2.50. The summed E-state index contributed by atoms with van der Waals surface area (Å²) in [5.74, 6) is -1.62. The molecule has 1 fully saturated rings. The molecule has 0 aromatic carbocycles. The molecule has 1 saturated heterocycles. The zero-order valence-electron chi connectivity index (χ0n) is 7.16. The maximum atomic E-state index is 12.9. The SMILES string of the molecule is CCN1CCC(C(F)C(=O)O)C1. The number of likely N-dealkylation sites (tertiary alicyclic amines) is 1. The Morgan fingerprint density at radius 1 is 1.83 bits per heavy atom. The molecular weight excluding hydrogens is 161 g/mol. The van der Waals surface area contributed by atoms with E-state index in [1.807, 2.05) is 6.92 Å². The number of hydrogen-bond acceptors (Lipinski definition) is 2. The first-order valence-electron chi connectivity index (χ1n) is 4.24. The molecule has 0 radical (unpaired) electrons. The lowest BCUT2D eigenvalue weighted by Gasteiger charge is -2.13. The lowest BCUT2D eigenvalue weighted by molar-refractivity contribution is -0.144. The molecule has 0 aromatic rings. The molecule has 0 amide bonds. The minimum atomic E-state index is -1.68. The summed E-state index contributed by atoms with van der Waals surface area (Å²) in [6.07, 6.45) is -1.01. The van der Waals surface area contributed by atoms with Crippen LogP contribution in [-0.2, 0) is 4.79 Å². The number of aliphatic carboxylic acids is 1. The Balaban J connectivity index is 2.41. The first-order valence-corrected chi connectivity index (χ1v) is 4.24. The van der Waals surface area contributed by atoms with Gasteiger partial charge in [-0.25, -0.2) is 9.18 Å². The summed E-state index contributed by atoms with van der Waals surface area (Å²) in [4.78, 5) is 12.4. The first-order chi connectivity index (χ1) is 5.65. The average molecular weight is 175 g/mol. The first kappa shape index (κ1) is 9.45. The van der Waals surface area contributed by atoms with Crippen molar-refractivity contribution in [2.24, 2.45) is 5.92 Å². The van der Waals surface area contributed by atoms with E-state index in [4.69, 9.17) is 5.11 Å². The summed E-state index contributed by atoms with van der Waals surface area (Å²) in [5, 5.41) is 8.41. The Kier molecular flexibility index (Phi) is 3.03. The van der Waals surface area contributed by atoms with Gasteiger partial charge in [0.05, 0.1) is 0 Å². The van der Waals surface area contributed by atoms with Crippen LogP contribution in [0.25, 0.3) is 0 Å². The van der Waals surface area contributed by atoms with E-state index in [9.17, 15) is 9.18 Å². The van der Waals surface area contributed by atoms with Gasteiger partial charge in [-0.2, -0.15) is 0 Å². The van der Waals surface area contributed by atoms with Gasteiger partial charge < -0.3 is 10.0 Å². The Morgan fingerprint density at radius 2 is 2.50 bits per heavy atom. The van der Waals surface area contributed by atoms with E-state index in [1.54, 1.807) is 0 Å². The summed E-state index contributed by atoms with van der Waals surface area (Å²) in [6, 6.07) is 0. The monoisotopic (exact) mass is 175 g/mol. The van der Waals surface area contributed by atoms with Crippen molar-refractivity contribution < 1.29 is 14.3 Å². The molecule has 1 rings (SSSR count). The smallest absolute Gasteiger partial charge is 0.338 e. The van der Waals surface area contributed by atoms with Crippen LogP contribution in [0.2, 0.25) is 0 Å². The Bertz CT molecular complexity index is 174. The predicted molar refractivity (Wildman–Crippen MR) is 42.8 cm³/mol. The third-order valence-corrected chi connectivity index (χ3v) is 2.41. The summed E-state index contributed by atoms with van der Waals surface area (Å²) in [6.45, 7) is 4.29. The second-order valence-corrected chi connectivity index (χ2v) is 3.18. The van der Waals surface area contributed by atoms with Crippen molar-refractivity contribution in [2.45, 2.75) is 19.5 Å². The second-order valence-electron chi connectivity index (χ2n) is 3.18. The van der Waals surface area contributed by atoms with Crippen LogP contribution in [0.5, 0.6) is 0 Å². The number of carboxylic acid groups (broad SMARTS) is 1. The normalized spacial score (nSPS) is 27.3. The van der Waals surface area contributed by atoms with E-state index < -0.39 is 12.1 Å². The number of rotatable bonds is 3. The molecule has 1 aliphatic rings. The summed E-state index contributed by atoms with van der Waals surface area (Å²) in [7, 11) is 0. The Labute approximate surface area is 71.2 Å². The molecule has 70 valence electrons. The third kappa shape index (κ3) is 1.94. The van der Waals surface area contributed by atoms with Crippen molar-refractivity contribution >= 4 is 5.97 Å². The number of alkyl halides is 1. The third-order valence-electron chi connectivity index (χ3n) is 2.41. The van der Waals surface area contributed by atoms with Crippen LogP contribution in [0.1, 0.15) is 13.3 Å². The molecule has 2 unspecified atom stereocenters. The lowest BCUT2D eigenvalue weighted by atomic mass is 10.0. The van der Waals surface area contributed by atoms with E-state index in [2.05, 4.69) is 4.90 Å². The van der Waals surface area contributed by atoms with Gasteiger partial charge in [0.2, 0.25) is 6.17 Å². The highest BCUT2D eigenvalue weighted by Gasteiger charge is 2.33. The van der Waals surface area contributed by atoms with Gasteiger partial charge >= 0.3 is 5.97 Å². The minimum Gasteiger partial charge on any atom is -0.479 e. The van der Waals surface area contributed by atoms with E-state index >= 15 is 0 Å². The van der Waals surface area contributed by atoms with Crippen LogP contribution in [0.15, 0.2) is 0 Å². The molecule has 2 atom stereocenters. The van der Waals surface area contributed by atoms with E-state index in [-0.39, 0.29) is 5.92 Å². The van der Waals surface area contributed by atoms with Gasteiger partial charge in [-0.1, -0.05) is 6.92 Å². The molecule has 0 spiro atoms. The zero-order chi connectivity index (χ0) is 9.14. The highest BCUT2D eigenvalue weighted by atomic mass is 19.1. The number of nitrogens with zero attached hydrogens (tertiary/aromatic N) is 1. The number of halogens is 1. The van der Waals surface area contributed by atoms with Crippen LogP contribution in [-0.4, -0.2) is 41.8 Å². The minimum absolute atomic E-state index is 0.303. The fraction of sp³-hybridized carbons (Fsp3) is 0.875. The highest BCUT2D eigenvalue weighted by Crippen LogP contribution is 2.21. The fourth-order valence-electron chi connectivity index (χ4n) is 1.59. The molecule has 3 nitrogen and oxygen atoms in total. The number of hydrogen-bond donors (Lipinski definition) is 1. The topological polar surface area (TPSA) is 40.5 Å².